The van der Waals surface area contributed by atoms with E-state index in [4.69, 9.17) is 9.84 Å². The van der Waals surface area contributed by atoms with Crippen molar-refractivity contribution >= 4 is 11.9 Å². The number of carboxylic acids is 1. The van der Waals surface area contributed by atoms with Gasteiger partial charge in [-0.05, 0) is 19.3 Å². The summed E-state index contributed by atoms with van der Waals surface area (Å²) in [6.45, 7) is 3.76. The minimum Gasteiger partial charge on any atom is -0.481 e. The molecule has 2 heterocycles. The molecule has 0 amide bonds. The molecule has 3 fully saturated rings. The van der Waals surface area contributed by atoms with Crippen molar-refractivity contribution in [3.05, 3.63) is 0 Å². The average molecular weight is 198 g/mol. The number of rotatable bonds is 1. The Hall–Kier alpha value is -1.06. The highest BCUT2D eigenvalue weighted by atomic mass is 16.6. The van der Waals surface area contributed by atoms with Crippen LogP contribution < -0.4 is 0 Å². The van der Waals surface area contributed by atoms with Gasteiger partial charge < -0.3 is 9.84 Å². The molecule has 0 aromatic carbocycles. The van der Waals surface area contributed by atoms with Crippen molar-refractivity contribution in [2.24, 2.45) is 17.8 Å². The molecule has 3 aliphatic rings. The Morgan fingerprint density at radius 3 is 2.64 bits per heavy atom. The Labute approximate surface area is 82.2 Å². The molecular formula is C10H14O4. The molecule has 1 aliphatic carbocycles. The van der Waals surface area contributed by atoms with E-state index >= 15 is 0 Å². The Bertz CT molecular complexity index is 298. The van der Waals surface area contributed by atoms with Gasteiger partial charge in [0.2, 0.25) is 0 Å². The zero-order chi connectivity index (χ0) is 10.5. The Morgan fingerprint density at radius 1 is 1.57 bits per heavy atom. The minimum atomic E-state index is -0.871. The lowest BCUT2D eigenvalue weighted by Crippen LogP contribution is -2.56. The van der Waals surface area contributed by atoms with E-state index in [0.29, 0.717) is 6.42 Å². The number of hydrogen-bond acceptors (Lipinski definition) is 3. The number of fused-ring (bicyclic) bond motifs is 3. The summed E-state index contributed by atoms with van der Waals surface area (Å²) >= 11 is 0. The molecule has 1 saturated carbocycles. The van der Waals surface area contributed by atoms with Gasteiger partial charge in [-0.1, -0.05) is 6.92 Å². The summed E-state index contributed by atoms with van der Waals surface area (Å²) < 4.78 is 5.22. The highest BCUT2D eigenvalue weighted by Gasteiger charge is 2.55. The summed E-state index contributed by atoms with van der Waals surface area (Å²) in [4.78, 5) is 22.5. The zero-order valence-electron chi connectivity index (χ0n) is 8.32. The molecule has 3 rings (SSSR count). The Kier molecular flexibility index (Phi) is 1.84. The number of aliphatic carboxylic acids is 1. The predicted octanol–water partition coefficient (Wildman–Crippen LogP) is 1.05. The summed E-state index contributed by atoms with van der Waals surface area (Å²) in [7, 11) is 0. The van der Waals surface area contributed by atoms with E-state index in [9.17, 15) is 9.59 Å². The van der Waals surface area contributed by atoms with Crippen molar-refractivity contribution in [3.63, 3.8) is 0 Å². The third-order valence-electron chi connectivity index (χ3n) is 3.39. The summed E-state index contributed by atoms with van der Waals surface area (Å²) in [6.07, 6.45) is 1.25. The second kappa shape index (κ2) is 2.72. The maximum Gasteiger partial charge on any atom is 0.310 e. The summed E-state index contributed by atoms with van der Waals surface area (Å²) in [6, 6.07) is 0. The molecular weight excluding hydrogens is 184 g/mol. The first-order chi connectivity index (χ1) is 6.43. The van der Waals surface area contributed by atoms with E-state index in [1.807, 2.05) is 13.8 Å². The molecule has 2 aliphatic heterocycles. The van der Waals surface area contributed by atoms with Gasteiger partial charge in [0.05, 0.1) is 11.8 Å². The largest absolute Gasteiger partial charge is 0.481 e. The first kappa shape index (κ1) is 9.49. The molecule has 78 valence electrons. The smallest absolute Gasteiger partial charge is 0.310 e. The van der Waals surface area contributed by atoms with Crippen LogP contribution in [-0.2, 0) is 14.3 Å². The van der Waals surface area contributed by atoms with Crippen LogP contribution in [-0.4, -0.2) is 22.6 Å². The van der Waals surface area contributed by atoms with Gasteiger partial charge in [-0.2, -0.15) is 0 Å². The first-order valence-corrected chi connectivity index (χ1v) is 4.89. The number of ether oxygens (including phenoxy) is 1. The third-order valence-corrected chi connectivity index (χ3v) is 3.39. The average Bonchev–Trinajstić information content (AvgIpc) is 1.99. The van der Waals surface area contributed by atoms with E-state index in [1.165, 1.54) is 0 Å². The second-order valence-corrected chi connectivity index (χ2v) is 4.73. The Balaban J connectivity index is 2.34. The van der Waals surface area contributed by atoms with E-state index in [2.05, 4.69) is 0 Å². The van der Waals surface area contributed by atoms with Crippen molar-refractivity contribution in [2.45, 2.75) is 32.3 Å². The molecule has 14 heavy (non-hydrogen) atoms. The van der Waals surface area contributed by atoms with Crippen LogP contribution in [0.3, 0.4) is 0 Å². The molecule has 2 saturated heterocycles. The summed E-state index contributed by atoms with van der Waals surface area (Å²) in [5, 5.41) is 9.00. The predicted molar refractivity (Wildman–Crippen MR) is 47.5 cm³/mol. The molecule has 0 aromatic rings. The fourth-order valence-corrected chi connectivity index (χ4v) is 2.91. The van der Waals surface area contributed by atoms with E-state index in [-0.39, 0.29) is 11.9 Å². The number of hydrogen-bond donors (Lipinski definition) is 1. The van der Waals surface area contributed by atoms with Gasteiger partial charge in [0.1, 0.15) is 5.60 Å². The number of esters is 1. The van der Waals surface area contributed by atoms with Crippen LogP contribution in [0.4, 0.5) is 0 Å². The Morgan fingerprint density at radius 2 is 2.21 bits per heavy atom. The normalized spacial score (nSPS) is 46.1. The van der Waals surface area contributed by atoms with E-state index in [0.717, 1.165) is 6.42 Å². The maximum atomic E-state index is 11.5. The zero-order valence-corrected chi connectivity index (χ0v) is 8.32. The van der Waals surface area contributed by atoms with Crippen LogP contribution in [0.15, 0.2) is 0 Å². The van der Waals surface area contributed by atoms with Crippen LogP contribution in [0.25, 0.3) is 0 Å². The van der Waals surface area contributed by atoms with Gasteiger partial charge in [0, 0.05) is 6.42 Å². The molecule has 4 atom stereocenters. The van der Waals surface area contributed by atoms with Gasteiger partial charge in [0.25, 0.3) is 0 Å². The molecule has 0 spiro atoms. The lowest BCUT2D eigenvalue weighted by atomic mass is 9.64. The van der Waals surface area contributed by atoms with Gasteiger partial charge in [-0.25, -0.2) is 0 Å². The molecule has 0 aromatic heterocycles. The van der Waals surface area contributed by atoms with Crippen LogP contribution in [0, 0.1) is 17.8 Å². The fraction of sp³-hybridized carbons (Fsp3) is 0.800. The fourth-order valence-electron chi connectivity index (χ4n) is 2.91. The van der Waals surface area contributed by atoms with Gasteiger partial charge in [0.15, 0.2) is 0 Å². The quantitative estimate of drug-likeness (QED) is 0.639. The lowest BCUT2D eigenvalue weighted by molar-refractivity contribution is -0.206. The lowest BCUT2D eigenvalue weighted by Gasteiger charge is -2.49. The van der Waals surface area contributed by atoms with Crippen molar-refractivity contribution in [3.8, 4) is 0 Å². The standard InChI is InChI=1S/C10H14O4/c1-5-3-10(2)4-6(8(11)12)7(5)9(13)14-10/h5-7H,3-4H2,1-2H3,(H,11,12)/t5-,6+,7-,10+/m1/s1. The van der Waals surface area contributed by atoms with E-state index < -0.39 is 23.4 Å². The molecule has 4 nitrogen and oxygen atoms in total. The topological polar surface area (TPSA) is 63.6 Å². The van der Waals surface area contributed by atoms with Crippen LogP contribution in [0.2, 0.25) is 0 Å². The van der Waals surface area contributed by atoms with Crippen LogP contribution >= 0.6 is 0 Å². The van der Waals surface area contributed by atoms with E-state index in [1.54, 1.807) is 0 Å². The van der Waals surface area contributed by atoms with Crippen molar-refractivity contribution in [1.82, 2.24) is 0 Å². The molecule has 0 unspecified atom stereocenters. The number of carboxylic acid groups (broad SMARTS) is 1. The highest BCUT2D eigenvalue weighted by molar-refractivity contribution is 5.83. The van der Waals surface area contributed by atoms with Crippen molar-refractivity contribution < 1.29 is 19.4 Å². The monoisotopic (exact) mass is 198 g/mol. The van der Waals surface area contributed by atoms with Crippen molar-refractivity contribution in [2.75, 3.05) is 0 Å². The SMILES string of the molecule is C[C@@H]1C[C@@]2(C)C[C@H](C(=O)O)[C@@H]1C(=O)O2. The van der Waals surface area contributed by atoms with Gasteiger partial charge >= 0.3 is 11.9 Å². The summed E-state index contributed by atoms with van der Waals surface area (Å²) in [5.41, 5.74) is -0.547. The van der Waals surface area contributed by atoms with Crippen molar-refractivity contribution in [1.29, 1.82) is 0 Å². The third kappa shape index (κ3) is 1.21. The highest BCUT2D eigenvalue weighted by Crippen LogP contribution is 2.48. The molecule has 1 N–H and O–H groups in total. The maximum absolute atomic E-state index is 11.5. The second-order valence-electron chi connectivity index (χ2n) is 4.73. The summed E-state index contributed by atoms with van der Waals surface area (Å²) in [5.74, 6) is -2.07. The molecule has 2 bridgehead atoms. The number of carbonyl (C=O) groups excluding carboxylic acids is 1. The minimum absolute atomic E-state index is 0.121. The van der Waals surface area contributed by atoms with Crippen LogP contribution in [0.1, 0.15) is 26.7 Å². The van der Waals surface area contributed by atoms with Crippen LogP contribution in [0.5, 0.6) is 0 Å². The molecule has 4 heteroatoms. The molecule has 0 radical (unpaired) electrons. The first-order valence-electron chi connectivity index (χ1n) is 4.89. The van der Waals surface area contributed by atoms with Gasteiger partial charge in [-0.3, -0.25) is 9.59 Å². The van der Waals surface area contributed by atoms with Gasteiger partial charge in [-0.15, -0.1) is 0 Å². The number of carbonyl (C=O) groups is 2.